The van der Waals surface area contributed by atoms with E-state index in [1.54, 1.807) is 24.3 Å². The summed E-state index contributed by atoms with van der Waals surface area (Å²) in [4.78, 5) is 17.1. The van der Waals surface area contributed by atoms with Crippen LogP contribution >= 0.6 is 11.6 Å². The van der Waals surface area contributed by atoms with Crippen molar-refractivity contribution in [2.75, 3.05) is 27.2 Å². The summed E-state index contributed by atoms with van der Waals surface area (Å²) in [5.41, 5.74) is 1.50. The number of benzene rings is 2. The maximum absolute atomic E-state index is 13.1. The quantitative estimate of drug-likeness (QED) is 0.741. The van der Waals surface area contributed by atoms with Gasteiger partial charge in [-0.15, -0.1) is 4.40 Å². The Labute approximate surface area is 187 Å². The summed E-state index contributed by atoms with van der Waals surface area (Å²) in [5, 5.41) is 3.70. The zero-order valence-electron chi connectivity index (χ0n) is 17.5. The molecule has 2 aliphatic heterocycles. The minimum Gasteiger partial charge on any atom is -0.352 e. The van der Waals surface area contributed by atoms with Gasteiger partial charge in [0.1, 0.15) is 10.9 Å². The standard InChI is InChI=1S/C22H25ClN4O3S/c1-26(2)19(15-8-3-5-10-17(15)23)14-24-22(28)18-11-7-13-27(18)21-16-9-4-6-12-20(16)31(29,30)25-21/h3-6,8-10,12,18-19H,7,11,13-14H2,1-2H3,(H,24,28)/t18-,19?/m0/s1. The van der Waals surface area contributed by atoms with E-state index in [0.29, 0.717) is 35.9 Å². The van der Waals surface area contributed by atoms with Crippen molar-refractivity contribution in [3.05, 3.63) is 64.7 Å². The lowest BCUT2D eigenvalue weighted by molar-refractivity contribution is -0.124. The van der Waals surface area contributed by atoms with Crippen molar-refractivity contribution < 1.29 is 13.2 Å². The second kappa shape index (κ2) is 8.61. The first-order valence-electron chi connectivity index (χ1n) is 10.2. The number of likely N-dealkylation sites (tertiary alicyclic amines) is 1. The lowest BCUT2D eigenvalue weighted by Gasteiger charge is -2.29. The van der Waals surface area contributed by atoms with Crippen molar-refractivity contribution in [2.45, 2.75) is 29.8 Å². The van der Waals surface area contributed by atoms with Gasteiger partial charge >= 0.3 is 0 Å². The summed E-state index contributed by atoms with van der Waals surface area (Å²) in [5.74, 6) is 0.226. The molecule has 1 saturated heterocycles. The predicted octanol–water partition coefficient (Wildman–Crippen LogP) is 2.67. The molecule has 0 bridgehead atoms. The molecule has 164 valence electrons. The van der Waals surface area contributed by atoms with E-state index < -0.39 is 16.1 Å². The highest BCUT2D eigenvalue weighted by Crippen LogP contribution is 2.31. The van der Waals surface area contributed by atoms with Crippen LogP contribution in [0.5, 0.6) is 0 Å². The van der Waals surface area contributed by atoms with E-state index in [0.717, 1.165) is 12.0 Å². The molecule has 2 heterocycles. The van der Waals surface area contributed by atoms with Gasteiger partial charge < -0.3 is 15.1 Å². The fourth-order valence-electron chi connectivity index (χ4n) is 4.22. The Kier molecular flexibility index (Phi) is 6.05. The summed E-state index contributed by atoms with van der Waals surface area (Å²) in [6.07, 6.45) is 1.44. The van der Waals surface area contributed by atoms with Crippen LogP contribution in [0.15, 0.2) is 57.8 Å². The highest BCUT2D eigenvalue weighted by molar-refractivity contribution is 7.90. The molecule has 0 spiro atoms. The number of nitrogens with one attached hydrogen (secondary N) is 1. The average Bonchev–Trinajstić information content (AvgIpc) is 3.32. The molecule has 4 rings (SSSR count). The van der Waals surface area contributed by atoms with E-state index in [9.17, 15) is 13.2 Å². The third-order valence-electron chi connectivity index (χ3n) is 5.80. The molecule has 1 fully saturated rings. The first-order chi connectivity index (χ1) is 14.8. The number of carbonyl (C=O) groups excluding carboxylic acids is 1. The molecule has 7 nitrogen and oxygen atoms in total. The van der Waals surface area contributed by atoms with Crippen molar-refractivity contribution in [2.24, 2.45) is 4.40 Å². The fourth-order valence-corrected chi connectivity index (χ4v) is 5.70. The van der Waals surface area contributed by atoms with Crippen molar-refractivity contribution in [1.29, 1.82) is 0 Å². The summed E-state index contributed by atoms with van der Waals surface area (Å²) in [6, 6.07) is 13.8. The zero-order valence-corrected chi connectivity index (χ0v) is 19.0. The first-order valence-corrected chi connectivity index (χ1v) is 12.0. The smallest absolute Gasteiger partial charge is 0.285 e. The van der Waals surface area contributed by atoms with Crippen LogP contribution in [-0.4, -0.2) is 63.2 Å². The summed E-state index contributed by atoms with van der Waals surface area (Å²) < 4.78 is 28.9. The van der Waals surface area contributed by atoms with Gasteiger partial charge in [0.25, 0.3) is 10.0 Å². The Morgan fingerprint density at radius 1 is 1.23 bits per heavy atom. The van der Waals surface area contributed by atoms with Crippen LogP contribution in [-0.2, 0) is 14.8 Å². The summed E-state index contributed by atoms with van der Waals surface area (Å²) in [6.45, 7) is 0.976. The number of fused-ring (bicyclic) bond motifs is 1. The highest BCUT2D eigenvalue weighted by atomic mass is 35.5. The number of nitrogens with zero attached hydrogens (tertiary/aromatic N) is 3. The summed E-state index contributed by atoms with van der Waals surface area (Å²) in [7, 11) is 0.157. The Bertz CT molecular complexity index is 1130. The number of carbonyl (C=O) groups is 1. The minimum absolute atomic E-state index is 0.0857. The van der Waals surface area contributed by atoms with Gasteiger partial charge in [0.2, 0.25) is 5.91 Å². The number of sulfonamides is 1. The number of amidine groups is 1. The maximum Gasteiger partial charge on any atom is 0.285 e. The lowest BCUT2D eigenvalue weighted by Crippen LogP contribution is -2.47. The average molecular weight is 461 g/mol. The second-order valence-corrected chi connectivity index (χ2v) is 9.96. The SMILES string of the molecule is CN(C)C(CNC(=O)[C@@H]1CCCN1C1=NS(=O)(=O)c2ccccc21)c1ccccc1Cl. The second-order valence-electron chi connectivity index (χ2n) is 7.98. The predicted molar refractivity (Wildman–Crippen MR) is 121 cm³/mol. The van der Waals surface area contributed by atoms with Crippen LogP contribution < -0.4 is 5.32 Å². The molecular weight excluding hydrogens is 436 g/mol. The van der Waals surface area contributed by atoms with Crippen LogP contribution in [0.3, 0.4) is 0 Å². The van der Waals surface area contributed by atoms with Crippen LogP contribution in [0.25, 0.3) is 0 Å². The van der Waals surface area contributed by atoms with Crippen LogP contribution in [0.2, 0.25) is 5.02 Å². The molecule has 2 aromatic rings. The van der Waals surface area contributed by atoms with Crippen molar-refractivity contribution in [3.8, 4) is 0 Å². The topological polar surface area (TPSA) is 82.1 Å². The molecule has 0 radical (unpaired) electrons. The molecule has 0 saturated carbocycles. The highest BCUT2D eigenvalue weighted by Gasteiger charge is 2.39. The Morgan fingerprint density at radius 3 is 2.68 bits per heavy atom. The van der Waals surface area contributed by atoms with Gasteiger partial charge in [0.05, 0.1) is 6.04 Å². The first kappa shape index (κ1) is 21.8. The Hall–Kier alpha value is -2.42. The lowest BCUT2D eigenvalue weighted by atomic mass is 10.1. The molecule has 9 heteroatoms. The van der Waals surface area contributed by atoms with E-state index in [1.165, 1.54) is 0 Å². The van der Waals surface area contributed by atoms with Crippen LogP contribution in [0, 0.1) is 0 Å². The van der Waals surface area contributed by atoms with Crippen molar-refractivity contribution >= 4 is 33.4 Å². The monoisotopic (exact) mass is 460 g/mol. The van der Waals surface area contributed by atoms with Gasteiger partial charge in [0, 0.05) is 23.7 Å². The van der Waals surface area contributed by atoms with Gasteiger partial charge in [-0.2, -0.15) is 8.42 Å². The molecule has 1 amide bonds. The number of hydrogen-bond donors (Lipinski definition) is 1. The fraction of sp³-hybridized carbons (Fsp3) is 0.364. The molecule has 1 unspecified atom stereocenters. The van der Waals surface area contributed by atoms with Gasteiger partial charge in [-0.3, -0.25) is 4.79 Å². The third-order valence-corrected chi connectivity index (χ3v) is 7.47. The molecule has 2 aromatic carbocycles. The van der Waals surface area contributed by atoms with E-state index in [2.05, 4.69) is 9.71 Å². The number of amides is 1. The molecule has 2 aliphatic rings. The number of halogens is 1. The minimum atomic E-state index is -3.73. The molecule has 0 aromatic heterocycles. The molecule has 0 aliphatic carbocycles. The largest absolute Gasteiger partial charge is 0.352 e. The van der Waals surface area contributed by atoms with Crippen molar-refractivity contribution in [3.63, 3.8) is 0 Å². The van der Waals surface area contributed by atoms with E-state index >= 15 is 0 Å². The molecular formula is C22H25ClN4O3S. The Morgan fingerprint density at radius 2 is 1.94 bits per heavy atom. The van der Waals surface area contributed by atoms with E-state index in [-0.39, 0.29) is 16.8 Å². The van der Waals surface area contributed by atoms with E-state index in [4.69, 9.17) is 11.6 Å². The molecule has 1 N–H and O–H groups in total. The van der Waals surface area contributed by atoms with Crippen molar-refractivity contribution in [1.82, 2.24) is 15.1 Å². The van der Waals surface area contributed by atoms with E-state index in [1.807, 2.05) is 48.2 Å². The number of rotatable bonds is 5. The molecule has 2 atom stereocenters. The van der Waals surface area contributed by atoms with Gasteiger partial charge in [-0.1, -0.05) is 41.9 Å². The van der Waals surface area contributed by atoms with Gasteiger partial charge in [-0.25, -0.2) is 0 Å². The maximum atomic E-state index is 13.1. The van der Waals surface area contributed by atoms with Crippen LogP contribution in [0.1, 0.15) is 30.0 Å². The number of likely N-dealkylation sites (N-methyl/N-ethyl adjacent to an activating group) is 1. The summed E-state index contributed by atoms with van der Waals surface area (Å²) >= 11 is 6.37. The number of hydrogen-bond acceptors (Lipinski definition) is 5. The third kappa shape index (κ3) is 4.20. The molecule has 31 heavy (non-hydrogen) atoms. The van der Waals surface area contributed by atoms with Gasteiger partial charge in [0.15, 0.2) is 5.84 Å². The zero-order chi connectivity index (χ0) is 22.2. The van der Waals surface area contributed by atoms with Gasteiger partial charge in [-0.05, 0) is 50.7 Å². The normalized spacial score (nSPS) is 20.5. The Balaban J connectivity index is 1.52. The van der Waals surface area contributed by atoms with Crippen LogP contribution in [0.4, 0.5) is 0 Å².